The van der Waals surface area contributed by atoms with Crippen molar-refractivity contribution >= 4 is 29.1 Å². The number of nitrogens with zero attached hydrogens (tertiary/aromatic N) is 3. The maximum atomic E-state index is 13.1. The number of ether oxygens (including phenoxy) is 1. The second-order valence-electron chi connectivity index (χ2n) is 8.94. The van der Waals surface area contributed by atoms with E-state index in [2.05, 4.69) is 10.2 Å². The van der Waals surface area contributed by atoms with E-state index in [9.17, 15) is 14.4 Å². The molecule has 1 N–H and O–H groups in total. The predicted octanol–water partition coefficient (Wildman–Crippen LogP) is 1.96. The molecule has 3 aliphatic rings. The second kappa shape index (κ2) is 10.3. The van der Waals surface area contributed by atoms with Crippen LogP contribution < -0.4 is 10.2 Å². The van der Waals surface area contributed by atoms with Gasteiger partial charge in [-0.1, -0.05) is 0 Å². The van der Waals surface area contributed by atoms with Crippen molar-refractivity contribution in [3.8, 4) is 0 Å². The Balaban J connectivity index is 1.29. The smallest absolute Gasteiger partial charge is 0.243 e. The number of anilines is 2. The van der Waals surface area contributed by atoms with Gasteiger partial charge in [0.1, 0.15) is 0 Å². The molecule has 3 amide bonds. The molecule has 1 aliphatic carbocycles. The minimum atomic E-state index is -0.216. The fraction of sp³-hybridized carbons (Fsp3) is 0.625. The fourth-order valence-corrected chi connectivity index (χ4v) is 4.52. The van der Waals surface area contributed by atoms with Gasteiger partial charge >= 0.3 is 0 Å². The molecule has 1 saturated carbocycles. The summed E-state index contributed by atoms with van der Waals surface area (Å²) in [5.74, 6) is -0.0815. The van der Waals surface area contributed by atoms with Gasteiger partial charge in [-0.2, -0.15) is 0 Å². The first kappa shape index (κ1) is 22.6. The van der Waals surface area contributed by atoms with Crippen molar-refractivity contribution in [3.63, 3.8) is 0 Å². The fourth-order valence-electron chi connectivity index (χ4n) is 4.52. The lowest BCUT2D eigenvalue weighted by molar-refractivity contribution is -0.143. The molecule has 4 rings (SSSR count). The summed E-state index contributed by atoms with van der Waals surface area (Å²) in [6.07, 6.45) is 3.56. The zero-order valence-electron chi connectivity index (χ0n) is 18.9. The van der Waals surface area contributed by atoms with Crippen LogP contribution in [0.2, 0.25) is 0 Å². The van der Waals surface area contributed by atoms with E-state index in [0.717, 1.165) is 69.9 Å². The van der Waals surface area contributed by atoms with Crippen LogP contribution in [0.3, 0.4) is 0 Å². The lowest BCUT2D eigenvalue weighted by Gasteiger charge is -2.34. The molecular weight excluding hydrogens is 408 g/mol. The molecule has 1 unspecified atom stereocenters. The number of morpholine rings is 1. The molecule has 2 heterocycles. The Bertz CT molecular complexity index is 818. The van der Waals surface area contributed by atoms with E-state index in [1.54, 1.807) is 4.90 Å². The highest BCUT2D eigenvalue weighted by atomic mass is 16.5. The zero-order chi connectivity index (χ0) is 22.5. The maximum absolute atomic E-state index is 13.1. The molecule has 0 aromatic heterocycles. The van der Waals surface area contributed by atoms with Gasteiger partial charge in [0.05, 0.1) is 25.7 Å². The highest BCUT2D eigenvalue weighted by Gasteiger charge is 2.37. The van der Waals surface area contributed by atoms with Crippen LogP contribution in [0.4, 0.5) is 11.4 Å². The van der Waals surface area contributed by atoms with Crippen molar-refractivity contribution in [2.75, 3.05) is 62.7 Å². The minimum absolute atomic E-state index is 0.0214. The Hall–Kier alpha value is -2.61. The van der Waals surface area contributed by atoms with Crippen LogP contribution in [0.1, 0.15) is 32.6 Å². The van der Waals surface area contributed by atoms with E-state index >= 15 is 0 Å². The first-order valence-corrected chi connectivity index (χ1v) is 11.9. The van der Waals surface area contributed by atoms with Crippen LogP contribution in [0, 0.1) is 11.8 Å². The highest BCUT2D eigenvalue weighted by Crippen LogP contribution is 2.32. The van der Waals surface area contributed by atoms with Crippen molar-refractivity contribution in [1.29, 1.82) is 0 Å². The highest BCUT2D eigenvalue weighted by molar-refractivity contribution is 5.95. The van der Waals surface area contributed by atoms with Crippen LogP contribution >= 0.6 is 0 Å². The van der Waals surface area contributed by atoms with Gasteiger partial charge < -0.3 is 24.8 Å². The SMILES string of the molecule is CCN(CC(=O)Nc1ccc(N2CCOCC2)cc1)C(=O)C1CCCN(C(=O)C2CC2)C1. The largest absolute Gasteiger partial charge is 0.378 e. The van der Waals surface area contributed by atoms with Crippen molar-refractivity contribution in [2.24, 2.45) is 11.8 Å². The number of benzene rings is 1. The van der Waals surface area contributed by atoms with E-state index in [1.165, 1.54) is 0 Å². The summed E-state index contributed by atoms with van der Waals surface area (Å²) in [4.78, 5) is 43.8. The molecular formula is C24H34N4O4. The lowest BCUT2D eigenvalue weighted by Crippen LogP contribution is -2.48. The molecule has 2 aliphatic heterocycles. The average molecular weight is 443 g/mol. The summed E-state index contributed by atoms with van der Waals surface area (Å²) in [6.45, 7) is 6.79. The number of piperidine rings is 1. The molecule has 1 atom stereocenters. The van der Waals surface area contributed by atoms with Crippen LogP contribution in [0.25, 0.3) is 0 Å². The summed E-state index contributed by atoms with van der Waals surface area (Å²) in [5.41, 5.74) is 1.83. The van der Waals surface area contributed by atoms with Crippen LogP contribution in [-0.4, -0.2) is 80.0 Å². The van der Waals surface area contributed by atoms with Gasteiger partial charge in [-0.15, -0.1) is 0 Å². The molecule has 2 saturated heterocycles. The number of likely N-dealkylation sites (tertiary alicyclic amines) is 1. The Kier molecular flexibility index (Phi) is 7.29. The van der Waals surface area contributed by atoms with E-state index in [0.29, 0.717) is 13.1 Å². The zero-order valence-corrected chi connectivity index (χ0v) is 18.9. The molecule has 32 heavy (non-hydrogen) atoms. The van der Waals surface area contributed by atoms with Gasteiger partial charge in [-0.25, -0.2) is 0 Å². The molecule has 1 aromatic carbocycles. The summed E-state index contributed by atoms with van der Waals surface area (Å²) in [5, 5.41) is 2.90. The molecule has 8 heteroatoms. The molecule has 174 valence electrons. The summed E-state index contributed by atoms with van der Waals surface area (Å²) < 4.78 is 5.39. The Morgan fingerprint density at radius 2 is 1.75 bits per heavy atom. The van der Waals surface area contributed by atoms with E-state index < -0.39 is 0 Å². The van der Waals surface area contributed by atoms with Gasteiger partial charge in [0.15, 0.2) is 0 Å². The standard InChI is InChI=1S/C24H34N4O4/c1-2-26(24(31)19-4-3-11-28(16-19)23(30)18-5-6-18)17-22(29)25-20-7-9-21(10-8-20)27-12-14-32-15-13-27/h7-10,18-19H,2-6,11-17H2,1H3,(H,25,29). The average Bonchev–Trinajstić information content (AvgIpc) is 3.68. The second-order valence-corrected chi connectivity index (χ2v) is 8.94. The number of amides is 3. The summed E-state index contributed by atoms with van der Waals surface area (Å²) in [7, 11) is 0. The van der Waals surface area contributed by atoms with Crippen LogP contribution in [-0.2, 0) is 19.1 Å². The quantitative estimate of drug-likeness (QED) is 0.698. The van der Waals surface area contributed by atoms with Crippen molar-refractivity contribution in [1.82, 2.24) is 9.80 Å². The number of carbonyl (C=O) groups excluding carboxylic acids is 3. The van der Waals surface area contributed by atoms with Gasteiger partial charge in [-0.3, -0.25) is 14.4 Å². The number of hydrogen-bond donors (Lipinski definition) is 1. The molecule has 0 bridgehead atoms. The van der Waals surface area contributed by atoms with Crippen molar-refractivity contribution < 1.29 is 19.1 Å². The van der Waals surface area contributed by atoms with Crippen LogP contribution in [0.5, 0.6) is 0 Å². The van der Waals surface area contributed by atoms with E-state index in [4.69, 9.17) is 4.74 Å². The van der Waals surface area contributed by atoms with Crippen LogP contribution in [0.15, 0.2) is 24.3 Å². The molecule has 8 nitrogen and oxygen atoms in total. The molecule has 1 aromatic rings. The molecule has 0 radical (unpaired) electrons. The summed E-state index contributed by atoms with van der Waals surface area (Å²) in [6, 6.07) is 7.78. The van der Waals surface area contributed by atoms with Crippen molar-refractivity contribution in [3.05, 3.63) is 24.3 Å². The number of carbonyl (C=O) groups is 3. The van der Waals surface area contributed by atoms with Gasteiger partial charge in [0, 0.05) is 50.0 Å². The lowest BCUT2D eigenvalue weighted by atomic mass is 9.96. The third-order valence-corrected chi connectivity index (χ3v) is 6.56. The Morgan fingerprint density at radius 3 is 2.41 bits per heavy atom. The maximum Gasteiger partial charge on any atom is 0.243 e. The molecule has 3 fully saturated rings. The Morgan fingerprint density at radius 1 is 1.03 bits per heavy atom. The van der Waals surface area contributed by atoms with E-state index in [1.807, 2.05) is 36.1 Å². The third-order valence-electron chi connectivity index (χ3n) is 6.56. The minimum Gasteiger partial charge on any atom is -0.378 e. The first-order chi connectivity index (χ1) is 15.5. The topological polar surface area (TPSA) is 82.2 Å². The summed E-state index contributed by atoms with van der Waals surface area (Å²) >= 11 is 0. The van der Waals surface area contributed by atoms with Gasteiger partial charge in [0.2, 0.25) is 17.7 Å². The number of nitrogens with one attached hydrogen (secondary N) is 1. The number of likely N-dealkylation sites (N-methyl/N-ethyl adjacent to an activating group) is 1. The predicted molar refractivity (Wildman–Crippen MR) is 122 cm³/mol. The monoisotopic (exact) mass is 442 g/mol. The van der Waals surface area contributed by atoms with Gasteiger partial charge in [0.25, 0.3) is 0 Å². The molecule has 0 spiro atoms. The van der Waals surface area contributed by atoms with Crippen molar-refractivity contribution in [2.45, 2.75) is 32.6 Å². The van der Waals surface area contributed by atoms with Gasteiger partial charge in [-0.05, 0) is 56.9 Å². The Labute approximate surface area is 189 Å². The normalized spacial score (nSPS) is 21.2. The first-order valence-electron chi connectivity index (χ1n) is 11.9. The number of rotatable bonds is 7. The number of hydrogen-bond acceptors (Lipinski definition) is 5. The van der Waals surface area contributed by atoms with E-state index in [-0.39, 0.29) is 36.1 Å². The third kappa shape index (κ3) is 5.59.